The molecule has 0 bridgehead atoms. The van der Waals surface area contributed by atoms with Gasteiger partial charge in [0, 0.05) is 36.1 Å². The molecule has 4 nitrogen and oxygen atoms in total. The quantitative estimate of drug-likeness (QED) is 0.844. The topological polar surface area (TPSA) is 47.0 Å². The van der Waals surface area contributed by atoms with Gasteiger partial charge in [0.05, 0.1) is 22.8 Å². The Hall–Kier alpha value is -1.17. The first kappa shape index (κ1) is 16.2. The summed E-state index contributed by atoms with van der Waals surface area (Å²) in [5.74, 6) is 0.613. The molecule has 0 aliphatic rings. The molecule has 1 N–H and O–H groups in total. The molecule has 0 aliphatic heterocycles. The summed E-state index contributed by atoms with van der Waals surface area (Å²) < 4.78 is 5.72. The second kappa shape index (κ2) is 7.73. The smallest absolute Gasteiger partial charge is 0.213 e. The Kier molecular flexibility index (Phi) is 5.96. The van der Waals surface area contributed by atoms with Gasteiger partial charge >= 0.3 is 0 Å². The van der Waals surface area contributed by atoms with Gasteiger partial charge in [-0.3, -0.25) is 0 Å². The second-order valence-electron chi connectivity index (χ2n) is 5.11. The maximum absolute atomic E-state index is 6.15. The minimum Gasteiger partial charge on any atom is -0.477 e. The van der Waals surface area contributed by atoms with Gasteiger partial charge in [-0.15, -0.1) is 11.3 Å². The summed E-state index contributed by atoms with van der Waals surface area (Å²) in [5.41, 5.74) is 3.94. The molecule has 21 heavy (non-hydrogen) atoms. The number of thiazole rings is 1. The summed E-state index contributed by atoms with van der Waals surface area (Å²) in [6, 6.07) is 2.31. The van der Waals surface area contributed by atoms with Gasteiger partial charge in [0.2, 0.25) is 5.88 Å². The first-order valence-electron chi connectivity index (χ1n) is 6.96. The first-order valence-corrected chi connectivity index (χ1v) is 8.21. The van der Waals surface area contributed by atoms with Crippen LogP contribution in [0.5, 0.6) is 5.88 Å². The molecule has 114 valence electrons. The molecule has 2 heterocycles. The van der Waals surface area contributed by atoms with Crippen LogP contribution in [0.25, 0.3) is 0 Å². The minimum absolute atomic E-state index is 0.410. The van der Waals surface area contributed by atoms with Gasteiger partial charge < -0.3 is 10.1 Å². The molecule has 0 saturated carbocycles. The van der Waals surface area contributed by atoms with Gasteiger partial charge in [0.15, 0.2) is 0 Å². The lowest BCUT2D eigenvalue weighted by atomic mass is 10.2. The number of aromatic nitrogens is 2. The predicted octanol–water partition coefficient (Wildman–Crippen LogP) is 3.62. The van der Waals surface area contributed by atoms with Gasteiger partial charge in [-0.25, -0.2) is 9.97 Å². The maximum atomic E-state index is 6.15. The van der Waals surface area contributed by atoms with Crippen molar-refractivity contribution in [1.82, 2.24) is 15.3 Å². The lowest BCUT2D eigenvalue weighted by Gasteiger charge is -2.11. The molecule has 0 aromatic carbocycles. The Morgan fingerprint density at radius 3 is 2.86 bits per heavy atom. The maximum Gasteiger partial charge on any atom is 0.213 e. The van der Waals surface area contributed by atoms with E-state index in [9.17, 15) is 0 Å². The Morgan fingerprint density at radius 1 is 1.38 bits per heavy atom. The number of aryl methyl sites for hydroxylation is 1. The van der Waals surface area contributed by atoms with Crippen molar-refractivity contribution in [3.63, 3.8) is 0 Å². The molecule has 2 aromatic rings. The van der Waals surface area contributed by atoms with Gasteiger partial charge in [0.25, 0.3) is 0 Å². The highest BCUT2D eigenvalue weighted by Crippen LogP contribution is 2.20. The van der Waals surface area contributed by atoms with E-state index >= 15 is 0 Å². The van der Waals surface area contributed by atoms with Crippen LogP contribution in [0.1, 0.15) is 30.0 Å². The fourth-order valence-corrected chi connectivity index (χ4v) is 2.73. The third kappa shape index (κ3) is 4.95. The van der Waals surface area contributed by atoms with E-state index in [2.05, 4.69) is 29.1 Å². The third-order valence-corrected chi connectivity index (χ3v) is 4.37. The third-order valence-electron chi connectivity index (χ3n) is 3.03. The van der Waals surface area contributed by atoms with Gasteiger partial charge in [0.1, 0.15) is 0 Å². The molecule has 0 fully saturated rings. The Labute approximate surface area is 134 Å². The van der Waals surface area contributed by atoms with Crippen LogP contribution in [0.4, 0.5) is 0 Å². The van der Waals surface area contributed by atoms with Crippen LogP contribution in [0.2, 0.25) is 5.02 Å². The van der Waals surface area contributed by atoms with Crippen molar-refractivity contribution in [2.24, 2.45) is 0 Å². The van der Waals surface area contributed by atoms with Crippen LogP contribution >= 0.6 is 22.9 Å². The van der Waals surface area contributed by atoms with E-state index in [1.807, 2.05) is 18.5 Å². The number of halogens is 1. The molecule has 6 heteroatoms. The zero-order chi connectivity index (χ0) is 15.2. The van der Waals surface area contributed by atoms with E-state index in [-0.39, 0.29) is 0 Å². The fraction of sp³-hybridized carbons (Fsp3) is 0.467. The van der Waals surface area contributed by atoms with Crippen molar-refractivity contribution >= 4 is 22.9 Å². The Bertz CT molecular complexity index is 586. The van der Waals surface area contributed by atoms with Gasteiger partial charge in [-0.2, -0.15) is 0 Å². The number of nitrogens with zero attached hydrogens (tertiary/aromatic N) is 2. The van der Waals surface area contributed by atoms with Gasteiger partial charge in [-0.05, 0) is 12.5 Å². The molecule has 0 saturated heterocycles. The van der Waals surface area contributed by atoms with E-state index in [1.54, 1.807) is 17.5 Å². The van der Waals surface area contributed by atoms with Gasteiger partial charge in [-0.1, -0.05) is 25.4 Å². The van der Waals surface area contributed by atoms with Crippen molar-refractivity contribution in [3.05, 3.63) is 38.9 Å². The van der Waals surface area contributed by atoms with E-state index in [0.717, 1.165) is 17.7 Å². The van der Waals surface area contributed by atoms with Crippen molar-refractivity contribution in [1.29, 1.82) is 0 Å². The van der Waals surface area contributed by atoms with E-state index in [1.165, 1.54) is 4.88 Å². The zero-order valence-electron chi connectivity index (χ0n) is 12.5. The molecule has 0 radical (unpaired) electrons. The van der Waals surface area contributed by atoms with Crippen LogP contribution in [0, 0.1) is 6.92 Å². The first-order chi connectivity index (χ1) is 10.1. The standard InChI is InChI=1S/C15H20ClN3OS/c1-10(2)17-7-12-6-15(18-8-13(12)16)20-5-4-14-11(3)19-9-21-14/h6,8-10,17H,4-5,7H2,1-3H3. The van der Waals surface area contributed by atoms with E-state index < -0.39 is 0 Å². The molecule has 0 aliphatic carbocycles. The normalized spacial score (nSPS) is 11.1. The molecular formula is C15H20ClN3OS. The summed E-state index contributed by atoms with van der Waals surface area (Å²) in [4.78, 5) is 9.70. The molecular weight excluding hydrogens is 306 g/mol. The lowest BCUT2D eigenvalue weighted by Crippen LogP contribution is -2.22. The van der Waals surface area contributed by atoms with Crippen LogP contribution in [0.3, 0.4) is 0 Å². The number of ether oxygens (including phenoxy) is 1. The second-order valence-corrected chi connectivity index (χ2v) is 6.46. The van der Waals surface area contributed by atoms with Crippen molar-refractivity contribution in [2.45, 2.75) is 39.8 Å². The molecule has 2 aromatic heterocycles. The number of nitrogens with one attached hydrogen (secondary N) is 1. The predicted molar refractivity (Wildman–Crippen MR) is 87.3 cm³/mol. The number of hydrogen-bond acceptors (Lipinski definition) is 5. The number of pyridine rings is 1. The Morgan fingerprint density at radius 2 is 2.19 bits per heavy atom. The summed E-state index contributed by atoms with van der Waals surface area (Å²) in [6.07, 6.45) is 2.49. The largest absolute Gasteiger partial charge is 0.477 e. The molecule has 0 unspecified atom stereocenters. The highest BCUT2D eigenvalue weighted by Gasteiger charge is 2.06. The molecule has 0 amide bonds. The summed E-state index contributed by atoms with van der Waals surface area (Å²) in [6.45, 7) is 7.52. The molecule has 2 rings (SSSR count). The van der Waals surface area contributed by atoms with Crippen molar-refractivity contribution in [2.75, 3.05) is 6.61 Å². The lowest BCUT2D eigenvalue weighted by molar-refractivity contribution is 0.309. The molecule has 0 spiro atoms. The number of hydrogen-bond donors (Lipinski definition) is 1. The van der Waals surface area contributed by atoms with Crippen LogP contribution in [-0.4, -0.2) is 22.6 Å². The average molecular weight is 326 g/mol. The van der Waals surface area contributed by atoms with E-state index in [4.69, 9.17) is 16.3 Å². The van der Waals surface area contributed by atoms with Crippen molar-refractivity contribution in [3.8, 4) is 5.88 Å². The SMILES string of the molecule is Cc1ncsc1CCOc1cc(CNC(C)C)c(Cl)cn1. The minimum atomic E-state index is 0.410. The van der Waals surface area contributed by atoms with Crippen molar-refractivity contribution < 1.29 is 4.74 Å². The summed E-state index contributed by atoms with van der Waals surface area (Å²) in [5, 5.41) is 4.00. The highest BCUT2D eigenvalue weighted by atomic mass is 35.5. The zero-order valence-corrected chi connectivity index (χ0v) is 14.1. The van der Waals surface area contributed by atoms with Crippen LogP contribution < -0.4 is 10.1 Å². The van der Waals surface area contributed by atoms with Crippen LogP contribution in [0.15, 0.2) is 17.8 Å². The summed E-state index contributed by atoms with van der Waals surface area (Å²) >= 11 is 7.81. The highest BCUT2D eigenvalue weighted by molar-refractivity contribution is 7.09. The Balaban J connectivity index is 1.91. The monoisotopic (exact) mass is 325 g/mol. The van der Waals surface area contributed by atoms with Crippen LogP contribution in [-0.2, 0) is 13.0 Å². The number of rotatable bonds is 7. The average Bonchev–Trinajstić information content (AvgIpc) is 2.84. The fourth-order valence-electron chi connectivity index (χ4n) is 1.80. The summed E-state index contributed by atoms with van der Waals surface area (Å²) in [7, 11) is 0. The molecule has 0 atom stereocenters. The van der Waals surface area contributed by atoms with E-state index in [0.29, 0.717) is 30.1 Å².